The van der Waals surface area contributed by atoms with E-state index in [1.807, 2.05) is 6.92 Å². The third-order valence-electron chi connectivity index (χ3n) is 4.10. The smallest absolute Gasteiger partial charge is 0.331 e. The minimum absolute atomic E-state index is 0.377. The number of hydrogen-bond acceptors (Lipinski definition) is 6. The molecule has 1 aliphatic rings. The van der Waals surface area contributed by atoms with Gasteiger partial charge in [-0.25, -0.2) is 4.79 Å². The molecule has 0 spiro atoms. The first-order chi connectivity index (χ1) is 12.9. The highest BCUT2D eigenvalue weighted by Gasteiger charge is 2.14. The Bertz CT molecular complexity index is 901. The number of aryl methyl sites for hydroxylation is 2. The van der Waals surface area contributed by atoms with Crippen molar-refractivity contribution >= 4 is 23.6 Å². The maximum absolute atomic E-state index is 12.0. The molecule has 142 valence electrons. The number of anilines is 1. The SMILES string of the molecule is Cc1nn(C)c(C)c1NC(=O)COC(=O)/C=C/c1ccc2c(c1)OCCO2. The minimum Gasteiger partial charge on any atom is -0.486 e. The van der Waals surface area contributed by atoms with E-state index in [9.17, 15) is 9.59 Å². The number of nitrogens with zero attached hydrogens (tertiary/aromatic N) is 2. The van der Waals surface area contributed by atoms with Crippen molar-refractivity contribution < 1.29 is 23.8 Å². The third kappa shape index (κ3) is 4.46. The van der Waals surface area contributed by atoms with E-state index in [1.54, 1.807) is 42.9 Å². The molecule has 0 aliphatic carbocycles. The summed E-state index contributed by atoms with van der Waals surface area (Å²) in [4.78, 5) is 23.8. The van der Waals surface area contributed by atoms with E-state index in [0.29, 0.717) is 36.1 Å². The second-order valence-corrected chi connectivity index (χ2v) is 6.06. The number of esters is 1. The number of ether oxygens (including phenoxy) is 3. The lowest BCUT2D eigenvalue weighted by molar-refractivity contribution is -0.142. The van der Waals surface area contributed by atoms with Crippen molar-refractivity contribution in [1.82, 2.24) is 9.78 Å². The molecule has 0 atom stereocenters. The monoisotopic (exact) mass is 371 g/mol. The maximum Gasteiger partial charge on any atom is 0.331 e. The zero-order valence-corrected chi connectivity index (χ0v) is 15.4. The molecular weight excluding hydrogens is 350 g/mol. The summed E-state index contributed by atoms with van der Waals surface area (Å²) in [5, 5.41) is 6.92. The molecule has 0 bridgehead atoms. The third-order valence-corrected chi connectivity index (χ3v) is 4.10. The van der Waals surface area contributed by atoms with Crippen LogP contribution in [-0.4, -0.2) is 41.5 Å². The number of carbonyl (C=O) groups excluding carboxylic acids is 2. The Kier molecular flexibility index (Phi) is 5.44. The predicted molar refractivity (Wildman–Crippen MR) is 98.7 cm³/mol. The van der Waals surface area contributed by atoms with Gasteiger partial charge in [0.2, 0.25) is 0 Å². The number of fused-ring (bicyclic) bond motifs is 1. The van der Waals surface area contributed by atoms with Gasteiger partial charge in [0.1, 0.15) is 13.2 Å². The Morgan fingerprint density at radius 1 is 1.26 bits per heavy atom. The fourth-order valence-corrected chi connectivity index (χ4v) is 2.64. The molecule has 3 rings (SSSR count). The molecule has 8 heteroatoms. The molecule has 2 heterocycles. The highest BCUT2D eigenvalue weighted by Crippen LogP contribution is 2.31. The van der Waals surface area contributed by atoms with Gasteiger partial charge in [-0.05, 0) is 37.6 Å². The Hall–Kier alpha value is -3.29. The lowest BCUT2D eigenvalue weighted by Gasteiger charge is -2.18. The first kappa shape index (κ1) is 18.5. The van der Waals surface area contributed by atoms with E-state index in [-0.39, 0.29) is 6.61 Å². The first-order valence-electron chi connectivity index (χ1n) is 8.48. The fourth-order valence-electron chi connectivity index (χ4n) is 2.64. The van der Waals surface area contributed by atoms with Crippen LogP contribution in [-0.2, 0) is 21.4 Å². The summed E-state index contributed by atoms with van der Waals surface area (Å²) in [5.74, 6) is 0.284. The first-order valence-corrected chi connectivity index (χ1v) is 8.48. The van der Waals surface area contributed by atoms with Crippen LogP contribution in [0.5, 0.6) is 11.5 Å². The molecule has 0 saturated carbocycles. The Morgan fingerprint density at radius 2 is 2.00 bits per heavy atom. The number of benzene rings is 1. The molecule has 0 unspecified atom stereocenters. The lowest BCUT2D eigenvalue weighted by Crippen LogP contribution is -2.20. The van der Waals surface area contributed by atoms with Crippen LogP contribution in [0, 0.1) is 13.8 Å². The van der Waals surface area contributed by atoms with Crippen LogP contribution >= 0.6 is 0 Å². The van der Waals surface area contributed by atoms with Crippen molar-refractivity contribution in [2.75, 3.05) is 25.1 Å². The summed E-state index contributed by atoms with van der Waals surface area (Å²) in [6.07, 6.45) is 2.85. The highest BCUT2D eigenvalue weighted by molar-refractivity contribution is 5.95. The molecule has 1 aromatic heterocycles. The summed E-state index contributed by atoms with van der Waals surface area (Å²) in [5.41, 5.74) is 2.92. The molecule has 1 aliphatic heterocycles. The van der Waals surface area contributed by atoms with Gasteiger partial charge in [-0.15, -0.1) is 0 Å². The van der Waals surface area contributed by atoms with Gasteiger partial charge < -0.3 is 19.5 Å². The lowest BCUT2D eigenvalue weighted by atomic mass is 10.2. The number of carbonyl (C=O) groups is 2. The molecule has 1 N–H and O–H groups in total. The van der Waals surface area contributed by atoms with Gasteiger partial charge >= 0.3 is 5.97 Å². The van der Waals surface area contributed by atoms with Crippen LogP contribution < -0.4 is 14.8 Å². The van der Waals surface area contributed by atoms with Gasteiger partial charge in [0.15, 0.2) is 18.1 Å². The van der Waals surface area contributed by atoms with Gasteiger partial charge in [0.05, 0.1) is 17.1 Å². The molecule has 0 radical (unpaired) electrons. The van der Waals surface area contributed by atoms with Gasteiger partial charge in [-0.1, -0.05) is 6.07 Å². The largest absolute Gasteiger partial charge is 0.486 e. The van der Waals surface area contributed by atoms with Crippen LogP contribution in [0.3, 0.4) is 0 Å². The fraction of sp³-hybridized carbons (Fsp3) is 0.316. The van der Waals surface area contributed by atoms with E-state index in [2.05, 4.69) is 10.4 Å². The van der Waals surface area contributed by atoms with Crippen molar-refractivity contribution in [2.24, 2.45) is 7.05 Å². The van der Waals surface area contributed by atoms with E-state index >= 15 is 0 Å². The van der Waals surface area contributed by atoms with Crippen LogP contribution in [0.2, 0.25) is 0 Å². The predicted octanol–water partition coefficient (Wildman–Crippen LogP) is 2.00. The maximum atomic E-state index is 12.0. The van der Waals surface area contributed by atoms with Gasteiger partial charge in [0.25, 0.3) is 5.91 Å². The van der Waals surface area contributed by atoms with Crippen molar-refractivity contribution in [3.05, 3.63) is 41.2 Å². The average molecular weight is 371 g/mol. The number of aromatic nitrogens is 2. The highest BCUT2D eigenvalue weighted by atomic mass is 16.6. The van der Waals surface area contributed by atoms with Crippen molar-refractivity contribution in [1.29, 1.82) is 0 Å². The van der Waals surface area contributed by atoms with Gasteiger partial charge in [-0.2, -0.15) is 5.10 Å². The summed E-state index contributed by atoms with van der Waals surface area (Å²) >= 11 is 0. The second kappa shape index (κ2) is 7.94. The quantitative estimate of drug-likeness (QED) is 0.638. The van der Waals surface area contributed by atoms with E-state index in [0.717, 1.165) is 11.3 Å². The van der Waals surface area contributed by atoms with Crippen LogP contribution in [0.15, 0.2) is 24.3 Å². The molecule has 0 saturated heterocycles. The molecule has 27 heavy (non-hydrogen) atoms. The molecule has 1 aromatic carbocycles. The standard InChI is InChI=1S/C19H21N3O5/c1-12-19(13(2)22(3)21-12)20-17(23)11-27-18(24)7-5-14-4-6-15-16(10-14)26-9-8-25-15/h4-7,10H,8-9,11H2,1-3H3,(H,20,23)/b7-5+. The summed E-state index contributed by atoms with van der Waals surface area (Å²) < 4.78 is 17.6. The molecule has 2 aromatic rings. The van der Waals surface area contributed by atoms with Crippen molar-refractivity contribution in [2.45, 2.75) is 13.8 Å². The normalized spacial score (nSPS) is 12.9. The Labute approximate surface area is 156 Å². The number of hydrogen-bond donors (Lipinski definition) is 1. The number of amides is 1. The van der Waals surface area contributed by atoms with Crippen molar-refractivity contribution in [3.8, 4) is 11.5 Å². The number of nitrogens with one attached hydrogen (secondary N) is 1. The zero-order valence-electron chi connectivity index (χ0n) is 15.4. The van der Waals surface area contributed by atoms with E-state index in [4.69, 9.17) is 14.2 Å². The zero-order chi connectivity index (χ0) is 19.4. The molecule has 8 nitrogen and oxygen atoms in total. The van der Waals surface area contributed by atoms with Crippen LogP contribution in [0.25, 0.3) is 6.08 Å². The summed E-state index contributed by atoms with van der Waals surface area (Å²) in [6.45, 7) is 4.28. The van der Waals surface area contributed by atoms with E-state index in [1.165, 1.54) is 6.08 Å². The van der Waals surface area contributed by atoms with Crippen molar-refractivity contribution in [3.63, 3.8) is 0 Å². The van der Waals surface area contributed by atoms with Crippen LogP contribution in [0.1, 0.15) is 17.0 Å². The topological polar surface area (TPSA) is 91.7 Å². The van der Waals surface area contributed by atoms with E-state index < -0.39 is 11.9 Å². The second-order valence-electron chi connectivity index (χ2n) is 6.06. The molecule has 0 fully saturated rings. The Morgan fingerprint density at radius 3 is 2.70 bits per heavy atom. The van der Waals surface area contributed by atoms with Gasteiger partial charge in [-0.3, -0.25) is 9.48 Å². The Balaban J connectivity index is 1.52. The van der Waals surface area contributed by atoms with Crippen LogP contribution in [0.4, 0.5) is 5.69 Å². The average Bonchev–Trinajstić information content (AvgIpc) is 2.90. The molecule has 1 amide bonds. The number of rotatable bonds is 5. The minimum atomic E-state index is -0.611. The summed E-state index contributed by atoms with van der Waals surface area (Å²) in [6, 6.07) is 5.36. The van der Waals surface area contributed by atoms with Gasteiger partial charge in [0, 0.05) is 13.1 Å². The molecular formula is C19H21N3O5. The summed E-state index contributed by atoms with van der Waals surface area (Å²) in [7, 11) is 1.79.